The first-order chi connectivity index (χ1) is 24.1. The lowest BCUT2D eigenvalue weighted by Crippen LogP contribution is -2.58. The molecule has 3 aromatic rings. The molecule has 4 aliphatic rings. The van der Waals surface area contributed by atoms with Crippen molar-refractivity contribution in [2.75, 3.05) is 19.6 Å². The normalized spacial score (nSPS) is 22.5. The van der Waals surface area contributed by atoms with Crippen LogP contribution in [0.5, 0.6) is 11.5 Å². The molecule has 3 aromatic carbocycles. The SMILES string of the molecule is CC(C)C[C@@H]1NC(=O)[C@@H](Cc2ccccc2)NC(=O)c2cccc(c2)Oc2ccc(cc2)C[C@@H](C(=O)N2CCC3(CC2)CNC(=O)C3)NC1=O. The third kappa shape index (κ3) is 8.50. The second-order valence-electron chi connectivity index (χ2n) is 14.2. The van der Waals surface area contributed by atoms with E-state index >= 15 is 0 Å². The molecular formula is C39H45N5O6. The number of fused-ring (bicyclic) bond motifs is 11. The second kappa shape index (κ2) is 15.1. The van der Waals surface area contributed by atoms with Crippen LogP contribution in [0.25, 0.3) is 0 Å². The number of ether oxygens (including phenoxy) is 1. The molecule has 4 bridgehead atoms. The number of benzene rings is 3. The van der Waals surface area contributed by atoms with Gasteiger partial charge in [-0.05, 0) is 72.1 Å². The number of rotatable bonds is 5. The lowest BCUT2D eigenvalue weighted by molar-refractivity contribution is -0.139. The van der Waals surface area contributed by atoms with Crippen LogP contribution in [0.4, 0.5) is 0 Å². The van der Waals surface area contributed by atoms with E-state index in [1.165, 1.54) is 0 Å². The summed E-state index contributed by atoms with van der Waals surface area (Å²) < 4.78 is 6.07. The molecule has 7 rings (SSSR count). The number of hydrogen-bond donors (Lipinski definition) is 4. The summed E-state index contributed by atoms with van der Waals surface area (Å²) >= 11 is 0. The third-order valence-corrected chi connectivity index (χ3v) is 9.89. The first kappa shape index (κ1) is 34.7. The van der Waals surface area contributed by atoms with Crippen molar-refractivity contribution in [2.24, 2.45) is 11.3 Å². The highest BCUT2D eigenvalue weighted by molar-refractivity contribution is 5.99. The highest BCUT2D eigenvalue weighted by Crippen LogP contribution is 2.37. The van der Waals surface area contributed by atoms with Gasteiger partial charge >= 0.3 is 0 Å². The Kier molecular flexibility index (Phi) is 10.5. The zero-order chi connectivity index (χ0) is 35.3. The van der Waals surface area contributed by atoms with E-state index in [1.54, 1.807) is 41.3 Å². The van der Waals surface area contributed by atoms with Gasteiger partial charge in [0.25, 0.3) is 5.91 Å². The predicted octanol–water partition coefficient (Wildman–Crippen LogP) is 3.52. The molecule has 1 spiro atoms. The zero-order valence-corrected chi connectivity index (χ0v) is 28.6. The molecule has 0 saturated carbocycles. The van der Waals surface area contributed by atoms with Crippen molar-refractivity contribution in [1.29, 1.82) is 0 Å². The Morgan fingerprint density at radius 2 is 1.56 bits per heavy atom. The van der Waals surface area contributed by atoms with Gasteiger partial charge in [-0.3, -0.25) is 24.0 Å². The average molecular weight is 680 g/mol. The number of likely N-dealkylation sites (tertiary alicyclic amines) is 1. The summed E-state index contributed by atoms with van der Waals surface area (Å²) in [6.45, 7) is 5.51. The van der Waals surface area contributed by atoms with Crippen LogP contribution >= 0.6 is 0 Å². The molecule has 4 heterocycles. The Labute approximate surface area is 292 Å². The molecule has 4 N–H and O–H groups in total. The van der Waals surface area contributed by atoms with Crippen molar-refractivity contribution in [2.45, 2.75) is 70.5 Å². The second-order valence-corrected chi connectivity index (χ2v) is 14.2. The van der Waals surface area contributed by atoms with Gasteiger partial charge in [0.05, 0.1) is 0 Å². The van der Waals surface area contributed by atoms with Crippen molar-refractivity contribution in [3.63, 3.8) is 0 Å². The first-order valence-electron chi connectivity index (χ1n) is 17.4. The Balaban J connectivity index is 1.30. The topological polar surface area (TPSA) is 146 Å². The molecule has 11 heteroatoms. The van der Waals surface area contributed by atoms with Gasteiger partial charge in [0, 0.05) is 44.5 Å². The van der Waals surface area contributed by atoms with Crippen LogP contribution in [0.15, 0.2) is 78.9 Å². The van der Waals surface area contributed by atoms with E-state index in [9.17, 15) is 24.0 Å². The molecule has 0 radical (unpaired) electrons. The highest BCUT2D eigenvalue weighted by atomic mass is 16.5. The Bertz CT molecular complexity index is 1720. The largest absolute Gasteiger partial charge is 0.457 e. The van der Waals surface area contributed by atoms with Crippen LogP contribution in [0, 0.1) is 11.3 Å². The molecule has 11 nitrogen and oxygen atoms in total. The molecule has 5 amide bonds. The minimum absolute atomic E-state index is 0.0384. The van der Waals surface area contributed by atoms with Crippen molar-refractivity contribution in [3.05, 3.63) is 95.6 Å². The van der Waals surface area contributed by atoms with Crippen LogP contribution in [-0.2, 0) is 32.0 Å². The van der Waals surface area contributed by atoms with Crippen LogP contribution in [0.2, 0.25) is 0 Å². The number of piperidine rings is 1. The maximum atomic E-state index is 14.2. The van der Waals surface area contributed by atoms with E-state index in [0.717, 1.165) is 11.1 Å². The summed E-state index contributed by atoms with van der Waals surface area (Å²) in [6.07, 6.45) is 2.63. The number of nitrogens with one attached hydrogen (secondary N) is 4. The third-order valence-electron chi connectivity index (χ3n) is 9.89. The molecule has 50 heavy (non-hydrogen) atoms. The maximum absolute atomic E-state index is 14.2. The molecule has 0 unspecified atom stereocenters. The van der Waals surface area contributed by atoms with Crippen molar-refractivity contribution >= 4 is 29.5 Å². The van der Waals surface area contributed by atoms with Gasteiger partial charge in [-0.15, -0.1) is 0 Å². The standard InChI is InChI=1S/C39H45N5O6/c1-25(2)19-31-36(47)43-33(38(49)44-17-15-39(16-18-44)23-34(45)40-24-39)21-27-11-13-29(14-12-27)50-30-10-6-9-28(22-30)35(46)41-32(37(48)42-31)20-26-7-4-3-5-8-26/h3-14,22,25,31-33H,15-21,23-24H2,1-2H3,(H,40,45)(H,41,46)(H,42,48)(H,43,47)/t31-,32+,33-/m0/s1. The van der Waals surface area contributed by atoms with Crippen molar-refractivity contribution in [1.82, 2.24) is 26.2 Å². The van der Waals surface area contributed by atoms with Gasteiger partial charge in [0.15, 0.2) is 0 Å². The smallest absolute Gasteiger partial charge is 0.252 e. The molecule has 4 aliphatic heterocycles. The molecule has 0 aromatic heterocycles. The maximum Gasteiger partial charge on any atom is 0.252 e. The van der Waals surface area contributed by atoms with E-state index in [0.29, 0.717) is 62.4 Å². The number of carbonyl (C=O) groups excluding carboxylic acids is 5. The van der Waals surface area contributed by atoms with E-state index < -0.39 is 35.8 Å². The summed E-state index contributed by atoms with van der Waals surface area (Å²) in [4.78, 5) is 69.5. The van der Waals surface area contributed by atoms with E-state index in [-0.39, 0.29) is 36.0 Å². The quantitative estimate of drug-likeness (QED) is 0.304. The Hall–Kier alpha value is -5.19. The number of carbonyl (C=O) groups is 5. The zero-order valence-electron chi connectivity index (χ0n) is 28.6. The van der Waals surface area contributed by atoms with E-state index in [1.807, 2.05) is 56.3 Å². The van der Waals surface area contributed by atoms with Crippen LogP contribution in [-0.4, -0.2) is 72.2 Å². The van der Waals surface area contributed by atoms with Crippen LogP contribution in [0.1, 0.15) is 61.0 Å². The lowest BCUT2D eigenvalue weighted by atomic mass is 9.77. The summed E-state index contributed by atoms with van der Waals surface area (Å²) in [5.41, 5.74) is 1.84. The van der Waals surface area contributed by atoms with Crippen LogP contribution < -0.4 is 26.0 Å². The summed E-state index contributed by atoms with van der Waals surface area (Å²) in [7, 11) is 0. The highest BCUT2D eigenvalue weighted by Gasteiger charge is 2.43. The first-order valence-corrected chi connectivity index (χ1v) is 17.4. The number of nitrogens with zero attached hydrogens (tertiary/aromatic N) is 1. The summed E-state index contributed by atoms with van der Waals surface area (Å²) in [5.74, 6) is -0.561. The van der Waals surface area contributed by atoms with Gasteiger partial charge in [0.1, 0.15) is 29.6 Å². The molecule has 0 aliphatic carbocycles. The number of hydrogen-bond acceptors (Lipinski definition) is 6. The van der Waals surface area contributed by atoms with Crippen molar-refractivity contribution in [3.8, 4) is 11.5 Å². The molecular weight excluding hydrogens is 634 g/mol. The number of amides is 5. The summed E-state index contributed by atoms with van der Waals surface area (Å²) in [6, 6.07) is 20.5. The monoisotopic (exact) mass is 679 g/mol. The minimum atomic E-state index is -0.988. The van der Waals surface area contributed by atoms with E-state index in [2.05, 4.69) is 21.3 Å². The van der Waals surface area contributed by atoms with Gasteiger partial charge in [0.2, 0.25) is 23.6 Å². The minimum Gasteiger partial charge on any atom is -0.457 e. The molecule has 3 atom stereocenters. The van der Waals surface area contributed by atoms with Gasteiger partial charge in [-0.1, -0.05) is 62.4 Å². The van der Waals surface area contributed by atoms with Gasteiger partial charge < -0.3 is 30.9 Å². The fraction of sp³-hybridized carbons (Fsp3) is 0.410. The molecule has 262 valence electrons. The van der Waals surface area contributed by atoms with Crippen molar-refractivity contribution < 1.29 is 28.7 Å². The predicted molar refractivity (Wildman–Crippen MR) is 187 cm³/mol. The fourth-order valence-corrected chi connectivity index (χ4v) is 7.04. The molecule has 2 fully saturated rings. The Morgan fingerprint density at radius 1 is 0.840 bits per heavy atom. The fourth-order valence-electron chi connectivity index (χ4n) is 7.04. The average Bonchev–Trinajstić information content (AvgIpc) is 3.47. The Morgan fingerprint density at radius 3 is 2.24 bits per heavy atom. The van der Waals surface area contributed by atoms with E-state index in [4.69, 9.17) is 4.74 Å². The summed E-state index contributed by atoms with van der Waals surface area (Å²) in [5, 5.41) is 11.7. The molecule has 2 saturated heterocycles. The lowest BCUT2D eigenvalue weighted by Gasteiger charge is -2.39. The van der Waals surface area contributed by atoms with Gasteiger partial charge in [-0.2, -0.15) is 0 Å². The van der Waals surface area contributed by atoms with Gasteiger partial charge in [-0.25, -0.2) is 0 Å². The van der Waals surface area contributed by atoms with Crippen LogP contribution in [0.3, 0.4) is 0 Å².